The maximum absolute atomic E-state index is 12.5. The van der Waals surface area contributed by atoms with Crippen LogP contribution in [0.1, 0.15) is 140 Å². The van der Waals surface area contributed by atoms with Crippen molar-refractivity contribution in [1.82, 2.24) is 73.5 Å². The molecule has 5 aromatic heterocycles. The molecule has 5 aromatic rings. The molecule has 5 aliphatic rings. The Kier molecular flexibility index (Phi) is 43.4. The Balaban J connectivity index is 0.000000266. The third kappa shape index (κ3) is 35.6. The van der Waals surface area contributed by atoms with Gasteiger partial charge in [-0.25, -0.2) is 19.2 Å². The number of carbonyl (C=O) groups is 5. The standard InChI is InChI=1S/C22H36N3O8P.2C17H28N3O6P.C16H26N3O5PS.C15H26N3O5P/c1-13(26)24(12-16(27)33-22(2,3)4)10-14-11-25(21(31)23-19(14)30)20-18(29)17(28)15(32-20)8-9-34(5,6)7;1-10(21)19(2)8-11-9-20(17(25)18-15(11)24)16-14(23)13(22)12(26-16)6-7-27(3,4)5;1-10(21)7-18-8-11-9-20(17(25)19-15(11)24)16-14(23)13(22)12(26-16)5-6-27(2,3)4;1-9(20)17-7-10-8-19(16(26)18-14(10)23)15-13(22)12(21)11(24-15)5-6-25(2,3)4;1-16-7-9-8-18(15(22)17-13(9)21)14-12(20)11(19)10(23-14)5-6-24(2,3)4/h11,15,17-18,20,28-29H,5,8-10,12H2,1-4,6-7H3,(H,23,30,31);9,12-14,16,22-23H,3,6-8H2,1-2,4-5H3,(H,18,24,25);9,12-14,16,18,22-23H,2,5-8H2,1,3-4H3,(H,19,24,25);8,11-13,15,21-22H,2,5-7H2,1,3-4H3,(H,17,20)(H,18,23,26);8,10-12,14,16,19-20H,2,5-7H2,1,3-4H3,(H,17,21,22)/t15-,17-,18-,20-;2*12-,13-,14-,16-;11-,12-,13-,15-;10-,11-,12-,14-/m11111/s1. The first-order valence-electron chi connectivity index (χ1n) is 44.5. The summed E-state index contributed by atoms with van der Waals surface area (Å²) in [5.41, 5.74) is -5.61. The van der Waals surface area contributed by atoms with E-state index >= 15 is 0 Å². The van der Waals surface area contributed by atoms with Gasteiger partial charge in [-0.15, -0.1) is 65.9 Å². The van der Waals surface area contributed by atoms with Crippen LogP contribution >= 0.6 is 46.6 Å². The lowest BCUT2D eigenvalue weighted by Crippen LogP contribution is -2.41. The molecule has 0 unspecified atom stereocenters. The highest BCUT2D eigenvalue weighted by Crippen LogP contribution is 2.45. The second-order valence-electron chi connectivity index (χ2n) is 39.7. The molecule has 10 rings (SSSR count). The van der Waals surface area contributed by atoms with Gasteiger partial charge in [0.2, 0.25) is 17.7 Å². The molecule has 20 atom stereocenters. The first-order valence-corrected chi connectivity index (χ1v) is 60.1. The maximum Gasteiger partial charge on any atom is 0.330 e. The maximum atomic E-state index is 12.5. The van der Waals surface area contributed by atoms with Gasteiger partial charge in [0.1, 0.15) is 79.0 Å². The van der Waals surface area contributed by atoms with Crippen LogP contribution < -0.4 is 66.5 Å². The van der Waals surface area contributed by atoms with Crippen LogP contribution in [0.25, 0.3) is 0 Å². The Bertz CT molecular complexity index is 5990. The largest absolute Gasteiger partial charge is 0.459 e. The van der Waals surface area contributed by atoms with E-state index in [1.54, 1.807) is 27.8 Å². The zero-order valence-corrected chi connectivity index (χ0v) is 87.2. The molecule has 5 saturated heterocycles. The third-order valence-electron chi connectivity index (χ3n) is 22.4. The second-order valence-corrected chi connectivity index (χ2v) is 61.6. The van der Waals surface area contributed by atoms with Crippen molar-refractivity contribution < 1.29 is 103 Å². The summed E-state index contributed by atoms with van der Waals surface area (Å²) in [6.07, 6.45) is 13.1. The van der Waals surface area contributed by atoms with Crippen LogP contribution in [0.3, 0.4) is 0 Å². The van der Waals surface area contributed by atoms with Gasteiger partial charge in [-0.1, -0.05) is 0 Å². The van der Waals surface area contributed by atoms with Gasteiger partial charge < -0.3 is 105 Å². The van der Waals surface area contributed by atoms with Crippen molar-refractivity contribution in [3.05, 3.63) is 157 Å². The lowest BCUT2D eigenvalue weighted by Gasteiger charge is -2.24. The van der Waals surface area contributed by atoms with Crippen molar-refractivity contribution in [2.45, 2.75) is 242 Å². The summed E-state index contributed by atoms with van der Waals surface area (Å²) < 4.78 is 39.8. The fraction of sp³-hybridized carbons (Fsp3) is 0.655. The number of Topliss-reactive ketones (excluding diaryl/α,β-unsaturated/α-hetero) is 1. The number of aliphatic hydroxyl groups excluding tert-OH is 10. The Hall–Kier alpha value is -7.81. The summed E-state index contributed by atoms with van der Waals surface area (Å²) in [7, 11) is 3.21. The van der Waals surface area contributed by atoms with Crippen LogP contribution in [0.5, 0.6) is 0 Å². The van der Waals surface area contributed by atoms with Crippen molar-refractivity contribution in [2.24, 2.45) is 0 Å². The molecule has 0 aliphatic carbocycles. The molecule has 18 N–H and O–H groups in total. The van der Waals surface area contributed by atoms with Gasteiger partial charge >= 0.3 is 28.7 Å². The molecule has 0 radical (unpaired) electrons. The lowest BCUT2D eigenvalue weighted by molar-refractivity contribution is -0.158. The third-order valence-corrected chi connectivity index (χ3v) is 30.1. The number of nitrogens with zero attached hydrogens (tertiary/aromatic N) is 7. The van der Waals surface area contributed by atoms with Gasteiger partial charge in [0, 0.05) is 89.6 Å². The number of aromatic nitrogens is 10. The number of nitrogens with one attached hydrogen (secondary N) is 8. The summed E-state index contributed by atoms with van der Waals surface area (Å²) in [6.45, 7) is 24.3. The quantitative estimate of drug-likeness (QED) is 0.0114. The molecule has 0 spiro atoms. The SMILES string of the molecule is C=P(C)(C)CC[C@H]1O[C@@H](n2cc(CN(C)C(C)=O)c(=O)[nH]c2=O)[C@H](O)[C@@H]1O.C=P(C)(C)CC[C@H]1O[C@@H](n2cc(CN(CC(=O)OC(C)(C)C)C(C)=O)c(=O)[nH]c2=O)[C@H](O)[C@@H]1O.C=P(C)(C)CC[C@H]1O[C@@H](n2cc(CNC(C)=O)c(=O)[nH]c2=S)[C@H](O)[C@@H]1O.C=P(C)(C)CC[C@H]1O[C@@H](n2cc(CNC)c(=O)[nH]c2=O)[C@H](O)[C@@H]1O.C=P(C)(C)CC[C@H]1O[C@@H](n2cc(CNCC(C)=O)c(=O)[nH]c2=O)[C@H](O)[C@@H]1O. The zero-order chi connectivity index (χ0) is 105. The molecule has 0 bridgehead atoms. The Labute approximate surface area is 803 Å². The smallest absolute Gasteiger partial charge is 0.330 e. The number of ketones is 1. The van der Waals surface area contributed by atoms with Crippen LogP contribution in [0, 0.1) is 4.77 Å². The van der Waals surface area contributed by atoms with E-state index in [2.05, 4.69) is 126 Å². The minimum absolute atomic E-state index is 0.0000817. The number of esters is 1. The molecule has 3 amide bonds. The predicted octanol–water partition coefficient (Wildman–Crippen LogP) is -2.65. The van der Waals surface area contributed by atoms with Gasteiger partial charge in [-0.05, 0) is 177 Å². The Morgan fingerprint density at radius 1 is 0.413 bits per heavy atom. The fourth-order valence-electron chi connectivity index (χ4n) is 14.7. The van der Waals surface area contributed by atoms with E-state index in [-0.39, 0.29) is 83.9 Å². The molecule has 778 valence electrons. The van der Waals surface area contributed by atoms with E-state index < -0.39 is 232 Å². The average Bonchev–Trinajstić information content (AvgIpc) is 1.63. The van der Waals surface area contributed by atoms with Crippen molar-refractivity contribution >= 4 is 108 Å². The van der Waals surface area contributed by atoms with Crippen LogP contribution in [-0.2, 0) is 85.1 Å². The molecule has 138 heavy (non-hydrogen) atoms. The topological polar surface area (TPSA) is 643 Å². The second kappa shape index (κ2) is 50.4. The van der Waals surface area contributed by atoms with Crippen molar-refractivity contribution in [2.75, 3.05) is 125 Å². The molecular weight excluding hydrogens is 1920 g/mol. The monoisotopic (exact) mass is 2070 g/mol. The molecule has 10 heterocycles. The van der Waals surface area contributed by atoms with Gasteiger partial charge in [0.15, 0.2) is 35.9 Å². The fourth-order valence-corrected chi connectivity index (χ4v) is 19.7. The molecule has 5 aliphatic heterocycles. The molecule has 5 fully saturated rings. The highest BCUT2D eigenvalue weighted by Gasteiger charge is 2.49. The number of aliphatic hydroxyl groups is 10. The van der Waals surface area contributed by atoms with Crippen LogP contribution in [0.4, 0.5) is 0 Å². The van der Waals surface area contributed by atoms with Gasteiger partial charge in [-0.2, -0.15) is 0 Å². The summed E-state index contributed by atoms with van der Waals surface area (Å²) in [5, 5.41) is 112. The Morgan fingerprint density at radius 2 is 0.681 bits per heavy atom. The predicted molar refractivity (Wildman–Crippen MR) is 539 cm³/mol. The van der Waals surface area contributed by atoms with E-state index in [1.807, 2.05) is 13.3 Å². The summed E-state index contributed by atoms with van der Waals surface area (Å²) in [5.74, 6) is -1.72. The normalized spacial score (nSPS) is 25.4. The molecule has 45 nitrogen and oxygen atoms in total. The van der Waals surface area contributed by atoms with Crippen molar-refractivity contribution in [3.8, 4) is 0 Å². The minimum atomic E-state index is -1.40. The average molecular weight is 2070 g/mol. The molecule has 0 aromatic carbocycles. The number of hydrogen-bond acceptors (Lipinski definition) is 33. The highest BCUT2D eigenvalue weighted by molar-refractivity contribution is 7.73. The molecular formula is C87H144N15O30P5S. The van der Waals surface area contributed by atoms with E-state index in [4.69, 9.17) is 40.6 Å². The Morgan fingerprint density at radius 3 is 0.957 bits per heavy atom. The van der Waals surface area contributed by atoms with Crippen LogP contribution in [-0.4, -0.2) is 391 Å². The van der Waals surface area contributed by atoms with Crippen LogP contribution in [0.15, 0.2) is 74.1 Å². The van der Waals surface area contributed by atoms with E-state index in [0.717, 1.165) is 54.0 Å². The van der Waals surface area contributed by atoms with Crippen molar-refractivity contribution in [3.63, 3.8) is 0 Å². The van der Waals surface area contributed by atoms with Gasteiger partial charge in [0.25, 0.3) is 27.8 Å². The lowest BCUT2D eigenvalue weighted by atomic mass is 10.1. The number of ether oxygens (including phenoxy) is 6. The first kappa shape index (κ1) is 119. The van der Waals surface area contributed by atoms with E-state index in [0.29, 0.717) is 37.7 Å². The number of aromatic amines is 5. The number of carbonyl (C=O) groups excluding carboxylic acids is 5. The number of hydrogen-bond donors (Lipinski definition) is 18. The zero-order valence-electron chi connectivity index (χ0n) is 81.9. The highest BCUT2D eigenvalue weighted by atomic mass is 32.1. The number of amides is 3. The van der Waals surface area contributed by atoms with E-state index in [1.165, 1.54) is 75.2 Å². The summed E-state index contributed by atoms with van der Waals surface area (Å²) in [6, 6.07) is 0. The van der Waals surface area contributed by atoms with E-state index in [9.17, 15) is 118 Å². The summed E-state index contributed by atoms with van der Waals surface area (Å²) >= 11 is 5.17. The van der Waals surface area contributed by atoms with Gasteiger partial charge in [0.05, 0.1) is 66.8 Å². The molecule has 51 heteroatoms. The summed E-state index contributed by atoms with van der Waals surface area (Å²) in [4.78, 5) is 181. The number of rotatable bonds is 34. The first-order chi connectivity index (χ1) is 63.5. The minimum Gasteiger partial charge on any atom is -0.459 e. The molecule has 0 saturated carbocycles. The van der Waals surface area contributed by atoms with Gasteiger partial charge in [-0.3, -0.25) is 95.7 Å². The van der Waals surface area contributed by atoms with Crippen LogP contribution in [0.2, 0.25) is 0 Å². The van der Waals surface area contributed by atoms with Crippen molar-refractivity contribution in [1.29, 1.82) is 0 Å². The number of H-pyrrole nitrogens is 5.